The Morgan fingerprint density at radius 2 is 2.15 bits per heavy atom. The Morgan fingerprint density at radius 3 is 2.54 bits per heavy atom. The van der Waals surface area contributed by atoms with Gasteiger partial charge in [0.15, 0.2) is 0 Å². The maximum absolute atomic E-state index is 10.3. The van der Waals surface area contributed by atoms with Crippen LogP contribution in [0.25, 0.3) is 0 Å². The molecule has 5 nitrogen and oxygen atoms in total. The molecule has 0 aromatic heterocycles. The molecule has 0 saturated heterocycles. The molecule has 0 spiro atoms. The lowest BCUT2D eigenvalue weighted by atomic mass is 10.1. The van der Waals surface area contributed by atoms with Gasteiger partial charge in [-0.05, 0) is 24.9 Å². The fourth-order valence-electron chi connectivity index (χ4n) is 0.912. The van der Waals surface area contributed by atoms with Crippen molar-refractivity contribution in [2.75, 3.05) is 12.0 Å². The number of hydrogen-bond acceptors (Lipinski definition) is 6. The van der Waals surface area contributed by atoms with Crippen LogP contribution in [0.4, 0.5) is 0 Å². The monoisotopic (exact) mass is 208 g/mol. The second-order valence-corrected chi connectivity index (χ2v) is 3.63. The molecule has 0 aliphatic heterocycles. The van der Waals surface area contributed by atoms with E-state index in [1.54, 1.807) is 11.8 Å². The second-order valence-electron chi connectivity index (χ2n) is 2.64. The number of hydroxylamine groups is 2. The third-order valence-corrected chi connectivity index (χ3v) is 2.32. The van der Waals surface area contributed by atoms with Crippen LogP contribution in [0.3, 0.4) is 0 Å². The van der Waals surface area contributed by atoms with Crippen molar-refractivity contribution < 1.29 is 20.3 Å². The molecule has 6 heteroatoms. The first-order valence-electron chi connectivity index (χ1n) is 3.96. The topological polar surface area (TPSA) is 83.8 Å². The van der Waals surface area contributed by atoms with Gasteiger partial charge in [0.1, 0.15) is 6.04 Å². The molecule has 1 unspecified atom stereocenters. The fraction of sp³-hybridized carbons (Fsp3) is 0.857. The molecule has 0 bridgehead atoms. The molecule has 0 aromatic rings. The van der Waals surface area contributed by atoms with Gasteiger partial charge in [-0.2, -0.15) is 11.8 Å². The highest BCUT2D eigenvalue weighted by atomic mass is 32.2. The van der Waals surface area contributed by atoms with Crippen molar-refractivity contribution in [1.82, 2.24) is 5.23 Å². The lowest BCUT2D eigenvalue weighted by Gasteiger charge is -2.20. The van der Waals surface area contributed by atoms with Crippen LogP contribution in [0.2, 0.25) is 0 Å². The minimum atomic E-state index is -1.46. The zero-order chi connectivity index (χ0) is 10.3. The van der Waals surface area contributed by atoms with Crippen LogP contribution in [-0.4, -0.2) is 39.7 Å². The molecule has 0 fully saturated rings. The van der Waals surface area contributed by atoms with E-state index in [9.17, 15) is 9.90 Å². The van der Waals surface area contributed by atoms with Crippen molar-refractivity contribution in [3.63, 3.8) is 0 Å². The zero-order valence-corrected chi connectivity index (χ0v) is 8.29. The lowest BCUT2D eigenvalue weighted by molar-refractivity contribution is -0.364. The van der Waals surface area contributed by atoms with E-state index < -0.39 is 12.0 Å². The maximum Gasteiger partial charge on any atom is 0.102 e. The molecule has 0 amide bonds. The van der Waals surface area contributed by atoms with E-state index in [0.29, 0.717) is 6.42 Å². The molecule has 78 valence electrons. The number of hydrogen-bond donors (Lipinski definition) is 2. The summed E-state index contributed by atoms with van der Waals surface area (Å²) in [5.74, 6) is -0.523. The summed E-state index contributed by atoms with van der Waals surface area (Å²) in [7, 11) is 0. The number of nitrogens with zero attached hydrogens (tertiary/aromatic N) is 1. The summed E-state index contributed by atoms with van der Waals surface area (Å²) in [5.41, 5.74) is 0. The first kappa shape index (κ1) is 12.7. The predicted octanol–water partition coefficient (Wildman–Crippen LogP) is -0.281. The van der Waals surface area contributed by atoms with Crippen LogP contribution in [0.5, 0.6) is 0 Å². The minimum Gasteiger partial charge on any atom is -0.548 e. The first-order valence-corrected chi connectivity index (χ1v) is 5.35. The van der Waals surface area contributed by atoms with Crippen molar-refractivity contribution in [3.8, 4) is 0 Å². The van der Waals surface area contributed by atoms with E-state index in [1.807, 2.05) is 6.26 Å². The van der Waals surface area contributed by atoms with Crippen molar-refractivity contribution >= 4 is 17.7 Å². The van der Waals surface area contributed by atoms with Crippen molar-refractivity contribution in [2.24, 2.45) is 0 Å². The second kappa shape index (κ2) is 7.14. The molecule has 0 radical (unpaired) electrons. The van der Waals surface area contributed by atoms with Crippen LogP contribution in [-0.2, 0) is 4.79 Å². The van der Waals surface area contributed by atoms with E-state index >= 15 is 0 Å². The summed E-state index contributed by atoms with van der Waals surface area (Å²) < 4.78 is 0. The SMILES string of the molecule is CSCCCCC(C(=O)[O-])N(O)O. The number of rotatable bonds is 7. The molecule has 2 N–H and O–H groups in total. The standard InChI is InChI=1S/C7H15NO4S/c1-13-5-3-2-4-6(7(9)10)8(11)12/h6,11-12H,2-5H2,1H3,(H,9,10)/p-1. The number of carbonyl (C=O) groups is 1. The van der Waals surface area contributed by atoms with Crippen LogP contribution in [0, 0.1) is 0 Å². The summed E-state index contributed by atoms with van der Waals surface area (Å²) in [6.07, 6.45) is 3.65. The molecular weight excluding hydrogens is 194 g/mol. The molecule has 0 rings (SSSR count). The quantitative estimate of drug-likeness (QED) is 0.442. The number of unbranched alkanes of at least 4 members (excludes halogenated alkanes) is 1. The van der Waals surface area contributed by atoms with Gasteiger partial charge in [-0.15, -0.1) is 0 Å². The number of carboxylic acids is 1. The Labute approximate surface area is 81.3 Å². The summed E-state index contributed by atoms with van der Waals surface area (Å²) in [6.45, 7) is 0. The van der Waals surface area contributed by atoms with Crippen LogP contribution in [0.15, 0.2) is 0 Å². The Hall–Kier alpha value is -0.300. The van der Waals surface area contributed by atoms with Crippen molar-refractivity contribution in [2.45, 2.75) is 25.3 Å². The highest BCUT2D eigenvalue weighted by Crippen LogP contribution is 2.07. The molecule has 0 aromatic carbocycles. The van der Waals surface area contributed by atoms with Crippen molar-refractivity contribution in [1.29, 1.82) is 0 Å². The van der Waals surface area contributed by atoms with Gasteiger partial charge in [0.25, 0.3) is 0 Å². The van der Waals surface area contributed by atoms with Gasteiger partial charge in [-0.25, -0.2) is 0 Å². The largest absolute Gasteiger partial charge is 0.548 e. The van der Waals surface area contributed by atoms with Gasteiger partial charge >= 0.3 is 0 Å². The smallest absolute Gasteiger partial charge is 0.102 e. The van der Waals surface area contributed by atoms with Crippen LogP contribution < -0.4 is 5.11 Å². The van der Waals surface area contributed by atoms with Gasteiger partial charge in [0.2, 0.25) is 0 Å². The third-order valence-electron chi connectivity index (χ3n) is 1.63. The Kier molecular flexibility index (Phi) is 6.97. The fourth-order valence-corrected chi connectivity index (χ4v) is 1.40. The van der Waals surface area contributed by atoms with Gasteiger partial charge in [-0.1, -0.05) is 11.6 Å². The average Bonchev–Trinajstić information content (AvgIpc) is 2.02. The molecule has 0 heterocycles. The lowest BCUT2D eigenvalue weighted by Crippen LogP contribution is -2.45. The summed E-state index contributed by atoms with van der Waals surface area (Å²) in [5, 5.41) is 27.0. The van der Waals surface area contributed by atoms with Gasteiger partial charge in [0.05, 0.1) is 5.97 Å². The number of carbonyl (C=O) groups excluding carboxylic acids is 1. The Morgan fingerprint density at radius 1 is 1.54 bits per heavy atom. The number of thioether (sulfide) groups is 1. The normalized spacial score (nSPS) is 13.2. The van der Waals surface area contributed by atoms with E-state index in [2.05, 4.69) is 0 Å². The van der Waals surface area contributed by atoms with Gasteiger partial charge in [-0.3, -0.25) is 10.4 Å². The third kappa shape index (κ3) is 5.87. The number of carboxylic acid groups (broad SMARTS) is 1. The highest BCUT2D eigenvalue weighted by molar-refractivity contribution is 7.98. The molecular formula is C7H14NO4S-. The summed E-state index contributed by atoms with van der Waals surface area (Å²) >= 11 is 1.67. The highest BCUT2D eigenvalue weighted by Gasteiger charge is 2.15. The van der Waals surface area contributed by atoms with Crippen LogP contribution in [0.1, 0.15) is 19.3 Å². The molecule has 13 heavy (non-hydrogen) atoms. The van der Waals surface area contributed by atoms with E-state index in [1.165, 1.54) is 0 Å². The number of aliphatic carboxylic acids is 1. The van der Waals surface area contributed by atoms with Crippen LogP contribution >= 0.6 is 11.8 Å². The zero-order valence-electron chi connectivity index (χ0n) is 7.47. The molecule has 1 atom stereocenters. The van der Waals surface area contributed by atoms with Gasteiger partial charge < -0.3 is 9.90 Å². The predicted molar refractivity (Wildman–Crippen MR) is 46.4 cm³/mol. The molecule has 0 saturated carbocycles. The molecule has 0 aliphatic rings. The van der Waals surface area contributed by atoms with E-state index in [0.717, 1.165) is 12.2 Å². The summed E-state index contributed by atoms with van der Waals surface area (Å²) in [4.78, 5) is 10.3. The maximum atomic E-state index is 10.3. The first-order chi connectivity index (χ1) is 6.09. The Bertz CT molecular complexity index is 153. The molecule has 0 aliphatic carbocycles. The summed E-state index contributed by atoms with van der Waals surface area (Å²) in [6, 6.07) is -1.32. The van der Waals surface area contributed by atoms with E-state index in [4.69, 9.17) is 10.4 Å². The average molecular weight is 208 g/mol. The van der Waals surface area contributed by atoms with E-state index in [-0.39, 0.29) is 11.6 Å². The minimum absolute atomic E-state index is 0.190. The van der Waals surface area contributed by atoms with Crippen molar-refractivity contribution in [3.05, 3.63) is 0 Å². The Balaban J connectivity index is 3.64. The van der Waals surface area contributed by atoms with Gasteiger partial charge in [0, 0.05) is 0 Å².